The Kier molecular flexibility index (Phi) is 3.29. The molecule has 0 saturated carbocycles. The lowest BCUT2D eigenvalue weighted by atomic mass is 10.1. The molecule has 18 heavy (non-hydrogen) atoms. The molecule has 0 spiro atoms. The summed E-state index contributed by atoms with van der Waals surface area (Å²) in [5.41, 5.74) is 1.05. The van der Waals surface area contributed by atoms with Gasteiger partial charge < -0.3 is 15.4 Å². The molecule has 0 atom stereocenters. The molecule has 0 bridgehead atoms. The van der Waals surface area contributed by atoms with E-state index in [-0.39, 0.29) is 0 Å². The highest BCUT2D eigenvalue weighted by Gasteiger charge is 2.28. The largest absolute Gasteiger partial charge is 0.390 e. The van der Waals surface area contributed by atoms with Crippen molar-refractivity contribution in [3.8, 4) is 0 Å². The highest BCUT2D eigenvalue weighted by atomic mass is 19.3. The average Bonchev–Trinajstić information content (AvgIpc) is 2.83. The van der Waals surface area contributed by atoms with E-state index in [9.17, 15) is 13.6 Å². The van der Waals surface area contributed by atoms with Crippen LogP contribution in [0, 0.1) is 0 Å². The van der Waals surface area contributed by atoms with Crippen LogP contribution in [0.3, 0.4) is 0 Å². The number of alkyl halides is 2. The zero-order valence-corrected chi connectivity index (χ0v) is 9.41. The van der Waals surface area contributed by atoms with Crippen molar-refractivity contribution in [1.82, 2.24) is 10.3 Å². The van der Waals surface area contributed by atoms with Gasteiger partial charge in [-0.25, -0.2) is 8.78 Å². The Balaban J connectivity index is 2.08. The molecule has 0 fully saturated rings. The lowest BCUT2D eigenvalue weighted by Crippen LogP contribution is -2.38. The number of benzene rings is 1. The van der Waals surface area contributed by atoms with Crippen LogP contribution in [0.1, 0.15) is 10.4 Å². The zero-order valence-electron chi connectivity index (χ0n) is 9.41. The molecule has 0 radical (unpaired) electrons. The number of rotatable bonds is 4. The monoisotopic (exact) mass is 254 g/mol. The minimum atomic E-state index is -3.30. The number of aliphatic hydroxyl groups is 1. The van der Waals surface area contributed by atoms with Crippen molar-refractivity contribution < 1.29 is 18.7 Å². The van der Waals surface area contributed by atoms with Gasteiger partial charge in [0.05, 0.1) is 6.54 Å². The molecule has 0 aliphatic heterocycles. The molecule has 4 nitrogen and oxygen atoms in total. The van der Waals surface area contributed by atoms with Gasteiger partial charge in [0.25, 0.3) is 11.8 Å². The Bertz CT molecular complexity index is 566. The summed E-state index contributed by atoms with van der Waals surface area (Å²) in [6.45, 7) is -2.17. The first-order valence-electron chi connectivity index (χ1n) is 5.36. The van der Waals surface area contributed by atoms with E-state index in [0.29, 0.717) is 5.56 Å². The summed E-state index contributed by atoms with van der Waals surface area (Å²) < 4.78 is 25.5. The van der Waals surface area contributed by atoms with E-state index in [1.807, 2.05) is 6.07 Å². The van der Waals surface area contributed by atoms with Gasteiger partial charge >= 0.3 is 0 Å². The molecule has 0 aliphatic rings. The van der Waals surface area contributed by atoms with Gasteiger partial charge in [0.1, 0.15) is 6.61 Å². The molecule has 2 aromatic rings. The van der Waals surface area contributed by atoms with Gasteiger partial charge in [-0.15, -0.1) is 0 Å². The number of fused-ring (bicyclic) bond motifs is 1. The molecule has 6 heteroatoms. The van der Waals surface area contributed by atoms with E-state index in [2.05, 4.69) is 10.3 Å². The summed E-state index contributed by atoms with van der Waals surface area (Å²) in [6.07, 6.45) is 1.73. The fourth-order valence-electron chi connectivity index (χ4n) is 1.56. The van der Waals surface area contributed by atoms with E-state index in [1.54, 1.807) is 24.4 Å². The van der Waals surface area contributed by atoms with Crippen molar-refractivity contribution >= 4 is 16.8 Å². The number of nitrogens with one attached hydrogen (secondary N) is 2. The number of amides is 1. The molecule has 96 valence electrons. The number of halogens is 2. The lowest BCUT2D eigenvalue weighted by Gasteiger charge is -2.13. The highest BCUT2D eigenvalue weighted by Crippen LogP contribution is 2.15. The SMILES string of the molecule is O=C(NCC(F)(F)CO)c1ccc2cc[nH]c2c1. The van der Waals surface area contributed by atoms with Crippen LogP contribution in [0.2, 0.25) is 0 Å². The average molecular weight is 254 g/mol. The van der Waals surface area contributed by atoms with Crippen molar-refractivity contribution in [3.05, 3.63) is 36.0 Å². The molecule has 0 aliphatic carbocycles. The first kappa shape index (κ1) is 12.5. The molecule has 0 unspecified atom stereocenters. The maximum atomic E-state index is 12.8. The molecular formula is C12H12F2N2O2. The maximum Gasteiger partial charge on any atom is 0.287 e. The molecule has 2 rings (SSSR count). The second-order valence-electron chi connectivity index (χ2n) is 3.98. The van der Waals surface area contributed by atoms with E-state index in [1.165, 1.54) is 0 Å². The van der Waals surface area contributed by atoms with Crippen molar-refractivity contribution in [2.24, 2.45) is 0 Å². The topological polar surface area (TPSA) is 65.1 Å². The van der Waals surface area contributed by atoms with Gasteiger partial charge in [0.2, 0.25) is 0 Å². The number of hydrogen-bond donors (Lipinski definition) is 3. The van der Waals surface area contributed by atoms with Crippen LogP contribution in [0.4, 0.5) is 8.78 Å². The second kappa shape index (κ2) is 4.73. The predicted octanol–water partition coefficient (Wildman–Crippen LogP) is 1.53. The van der Waals surface area contributed by atoms with E-state index < -0.39 is 25.0 Å². The third kappa shape index (κ3) is 2.65. The predicted molar refractivity (Wildman–Crippen MR) is 62.7 cm³/mol. The highest BCUT2D eigenvalue weighted by molar-refractivity contribution is 5.97. The molecule has 1 amide bonds. The van der Waals surface area contributed by atoms with Crippen molar-refractivity contribution in [2.75, 3.05) is 13.2 Å². The number of aromatic nitrogens is 1. The van der Waals surface area contributed by atoms with E-state index in [0.717, 1.165) is 10.9 Å². The summed E-state index contributed by atoms with van der Waals surface area (Å²) in [4.78, 5) is 14.6. The third-order valence-corrected chi connectivity index (χ3v) is 2.56. The molecule has 1 aromatic heterocycles. The van der Waals surface area contributed by atoms with E-state index >= 15 is 0 Å². The summed E-state index contributed by atoms with van der Waals surface area (Å²) >= 11 is 0. The summed E-state index contributed by atoms with van der Waals surface area (Å²) in [7, 11) is 0. The standard InChI is InChI=1S/C12H12F2N2O2/c13-12(14,7-17)6-16-11(18)9-2-1-8-3-4-15-10(8)5-9/h1-5,15,17H,6-7H2,(H,16,18). The minimum absolute atomic E-state index is 0.290. The van der Waals surface area contributed by atoms with Crippen molar-refractivity contribution in [2.45, 2.75) is 5.92 Å². The van der Waals surface area contributed by atoms with Crippen LogP contribution in [0.15, 0.2) is 30.5 Å². The number of carbonyl (C=O) groups excluding carboxylic acids is 1. The fourth-order valence-corrected chi connectivity index (χ4v) is 1.56. The fraction of sp³-hybridized carbons (Fsp3) is 0.250. The minimum Gasteiger partial charge on any atom is -0.390 e. The second-order valence-corrected chi connectivity index (χ2v) is 3.98. The normalized spacial score (nSPS) is 11.7. The van der Waals surface area contributed by atoms with Crippen LogP contribution in [-0.4, -0.2) is 35.1 Å². The Labute approximate surface area is 102 Å². The van der Waals surface area contributed by atoms with Crippen LogP contribution < -0.4 is 5.32 Å². The Morgan fingerprint density at radius 1 is 1.39 bits per heavy atom. The first-order valence-corrected chi connectivity index (χ1v) is 5.36. The van der Waals surface area contributed by atoms with Gasteiger partial charge in [0.15, 0.2) is 0 Å². The lowest BCUT2D eigenvalue weighted by molar-refractivity contribution is -0.0462. The van der Waals surface area contributed by atoms with Crippen LogP contribution >= 0.6 is 0 Å². The number of carbonyl (C=O) groups is 1. The van der Waals surface area contributed by atoms with Crippen LogP contribution in [-0.2, 0) is 0 Å². The van der Waals surface area contributed by atoms with Crippen molar-refractivity contribution in [1.29, 1.82) is 0 Å². The summed E-state index contributed by atoms with van der Waals surface area (Å²) in [5.74, 6) is -3.90. The number of hydrogen-bond acceptors (Lipinski definition) is 2. The summed E-state index contributed by atoms with van der Waals surface area (Å²) in [5, 5.41) is 11.4. The Morgan fingerprint density at radius 2 is 2.17 bits per heavy atom. The molecule has 1 aromatic carbocycles. The number of aliphatic hydroxyl groups excluding tert-OH is 1. The molecule has 0 saturated heterocycles. The molecule has 1 heterocycles. The third-order valence-electron chi connectivity index (χ3n) is 2.56. The Morgan fingerprint density at radius 3 is 2.89 bits per heavy atom. The van der Waals surface area contributed by atoms with Gasteiger partial charge in [-0.05, 0) is 23.6 Å². The van der Waals surface area contributed by atoms with Crippen molar-refractivity contribution in [3.63, 3.8) is 0 Å². The van der Waals surface area contributed by atoms with Gasteiger partial charge in [-0.1, -0.05) is 6.07 Å². The summed E-state index contributed by atoms with van der Waals surface area (Å²) in [6, 6.07) is 6.71. The maximum absolute atomic E-state index is 12.8. The van der Waals surface area contributed by atoms with E-state index in [4.69, 9.17) is 5.11 Å². The molecular weight excluding hydrogens is 242 g/mol. The smallest absolute Gasteiger partial charge is 0.287 e. The number of H-pyrrole nitrogens is 1. The van der Waals surface area contributed by atoms with Crippen LogP contribution in [0.25, 0.3) is 10.9 Å². The first-order chi connectivity index (χ1) is 8.52. The zero-order chi connectivity index (χ0) is 13.2. The quantitative estimate of drug-likeness (QED) is 0.774. The van der Waals surface area contributed by atoms with Gasteiger partial charge in [-0.2, -0.15) is 0 Å². The molecule has 3 N–H and O–H groups in total. The van der Waals surface area contributed by atoms with Crippen LogP contribution in [0.5, 0.6) is 0 Å². The van der Waals surface area contributed by atoms with Gasteiger partial charge in [-0.3, -0.25) is 4.79 Å². The number of aromatic amines is 1. The van der Waals surface area contributed by atoms with Gasteiger partial charge in [0, 0.05) is 17.3 Å². The Hall–Kier alpha value is -1.95.